The number of carboxylic acids is 2. The van der Waals surface area contributed by atoms with Gasteiger partial charge in [0, 0.05) is 12.2 Å². The number of aliphatic carboxylic acids is 2. The molecule has 2 aromatic carbocycles. The SMILES string of the molecule is O=C([O-])/C=C\C(=O)OCc1ccccc1.O=C([O-])/C=C\C(=O)OCc1ccccc1.[CH2]CCCC.[CH2]CCCC.[Sn+2]. The normalized spacial score (nSPS) is 9.46. The fourth-order valence-electron chi connectivity index (χ4n) is 2.33. The molecule has 8 nitrogen and oxygen atoms in total. The van der Waals surface area contributed by atoms with Gasteiger partial charge in [-0.3, -0.25) is 0 Å². The third-order valence-corrected chi connectivity index (χ3v) is 4.37. The van der Waals surface area contributed by atoms with Crippen LogP contribution in [0.5, 0.6) is 0 Å². The molecule has 41 heavy (non-hydrogen) atoms. The van der Waals surface area contributed by atoms with Gasteiger partial charge < -0.3 is 29.3 Å². The molecule has 0 aromatic heterocycles. The molecule has 0 saturated carbocycles. The van der Waals surface area contributed by atoms with Crippen LogP contribution in [0.1, 0.15) is 63.5 Å². The fraction of sp³-hybridized carbons (Fsp3) is 0.312. The van der Waals surface area contributed by atoms with E-state index >= 15 is 0 Å². The number of hydrogen-bond acceptors (Lipinski definition) is 8. The van der Waals surface area contributed by atoms with Crippen LogP contribution < -0.4 is 10.2 Å². The van der Waals surface area contributed by atoms with Gasteiger partial charge in [0.1, 0.15) is 13.2 Å². The molecular formula is C32H40O8Sn. The molecule has 0 heterocycles. The zero-order valence-corrected chi connectivity index (χ0v) is 26.8. The number of carbonyl (C=O) groups is 4. The summed E-state index contributed by atoms with van der Waals surface area (Å²) in [6.07, 6.45) is 10.2. The van der Waals surface area contributed by atoms with Crippen LogP contribution in [0.2, 0.25) is 0 Å². The molecule has 0 aliphatic heterocycles. The third-order valence-electron chi connectivity index (χ3n) is 4.37. The minimum Gasteiger partial charge on any atom is -0.545 e. The van der Waals surface area contributed by atoms with Crippen molar-refractivity contribution in [2.24, 2.45) is 0 Å². The average Bonchev–Trinajstić information content (AvgIpc) is 2.96. The van der Waals surface area contributed by atoms with E-state index in [1.165, 1.54) is 25.7 Å². The molecule has 4 radical (unpaired) electrons. The number of unbranched alkanes of at least 4 members (excludes halogenated alkanes) is 4. The van der Waals surface area contributed by atoms with Gasteiger partial charge in [-0.05, 0) is 23.3 Å². The summed E-state index contributed by atoms with van der Waals surface area (Å²) in [5, 5.41) is 19.9. The van der Waals surface area contributed by atoms with Gasteiger partial charge in [0.25, 0.3) is 0 Å². The van der Waals surface area contributed by atoms with E-state index in [9.17, 15) is 29.4 Å². The van der Waals surface area contributed by atoms with Crippen LogP contribution in [-0.2, 0) is 41.9 Å². The van der Waals surface area contributed by atoms with Crippen molar-refractivity contribution in [3.8, 4) is 0 Å². The van der Waals surface area contributed by atoms with Gasteiger partial charge >= 0.3 is 35.8 Å². The molecule has 0 aliphatic rings. The van der Waals surface area contributed by atoms with Crippen LogP contribution in [0.15, 0.2) is 85.0 Å². The standard InChI is InChI=1S/2C11H10O4.2C5H11.Sn/c2*12-10(13)6-7-11(14)15-8-9-4-2-1-3-5-9;2*1-3-5-4-2;/h2*1-7H,8H2,(H,12,13);2*1,3-5H2,2H3;/q;;;;+2/p-2/b2*7-6-;;;. The average molecular weight is 671 g/mol. The van der Waals surface area contributed by atoms with E-state index in [4.69, 9.17) is 9.47 Å². The summed E-state index contributed by atoms with van der Waals surface area (Å²) >= 11 is 0. The van der Waals surface area contributed by atoms with E-state index in [1.807, 2.05) is 36.4 Å². The molecule has 0 saturated heterocycles. The summed E-state index contributed by atoms with van der Waals surface area (Å²) in [6.45, 7) is 11.9. The molecule has 0 aliphatic carbocycles. The molecule has 2 rings (SSSR count). The third kappa shape index (κ3) is 32.7. The van der Waals surface area contributed by atoms with Crippen molar-refractivity contribution < 1.29 is 38.9 Å². The molecule has 0 atom stereocenters. The van der Waals surface area contributed by atoms with Gasteiger partial charge in [0.2, 0.25) is 0 Å². The second-order valence-electron chi connectivity index (χ2n) is 7.91. The van der Waals surface area contributed by atoms with Crippen molar-refractivity contribution >= 4 is 47.8 Å². The van der Waals surface area contributed by atoms with Gasteiger partial charge in [-0.2, -0.15) is 0 Å². The number of carbonyl (C=O) groups excluding carboxylic acids is 4. The van der Waals surface area contributed by atoms with Crippen molar-refractivity contribution in [1.82, 2.24) is 0 Å². The number of carboxylic acid groups (broad SMARTS) is 2. The van der Waals surface area contributed by atoms with Gasteiger partial charge in [-0.25, -0.2) is 9.59 Å². The number of esters is 2. The Morgan fingerprint density at radius 2 is 0.951 bits per heavy atom. The fourth-order valence-corrected chi connectivity index (χ4v) is 2.33. The number of rotatable bonds is 12. The second-order valence-corrected chi connectivity index (χ2v) is 7.91. The predicted molar refractivity (Wildman–Crippen MR) is 156 cm³/mol. The molecule has 0 amide bonds. The Labute approximate surface area is 261 Å². The molecule has 220 valence electrons. The van der Waals surface area contributed by atoms with Gasteiger partial charge in [0.05, 0.1) is 11.9 Å². The summed E-state index contributed by atoms with van der Waals surface area (Å²) in [5.41, 5.74) is 1.68. The Bertz CT molecular complexity index is 904. The minimum atomic E-state index is -1.42. The topological polar surface area (TPSA) is 133 Å². The second kappa shape index (κ2) is 31.1. The molecule has 0 fully saturated rings. The summed E-state index contributed by atoms with van der Waals surface area (Å²) in [7, 11) is 0. The Hall–Kier alpha value is -3.40. The van der Waals surface area contributed by atoms with Crippen molar-refractivity contribution in [3.05, 3.63) is 110 Å². The first-order chi connectivity index (χ1) is 19.2. The molecule has 0 spiro atoms. The van der Waals surface area contributed by atoms with E-state index in [2.05, 4.69) is 27.7 Å². The summed E-state index contributed by atoms with van der Waals surface area (Å²) in [4.78, 5) is 41.8. The summed E-state index contributed by atoms with van der Waals surface area (Å²) in [6, 6.07) is 18.2. The zero-order valence-electron chi connectivity index (χ0n) is 23.9. The molecule has 0 N–H and O–H groups in total. The van der Waals surface area contributed by atoms with E-state index in [1.54, 1.807) is 24.3 Å². The van der Waals surface area contributed by atoms with Crippen LogP contribution in [0.4, 0.5) is 0 Å². The quantitative estimate of drug-likeness (QED) is 0.190. The molecule has 9 heteroatoms. The molecule has 0 bridgehead atoms. The number of ether oxygens (including phenoxy) is 2. The largest absolute Gasteiger partial charge is 2.00 e. The monoisotopic (exact) mass is 672 g/mol. The maximum Gasteiger partial charge on any atom is 2.00 e. The smallest absolute Gasteiger partial charge is 0.545 e. The Kier molecular flexibility index (Phi) is 31.9. The van der Waals surface area contributed by atoms with E-state index in [0.717, 1.165) is 36.1 Å². The number of benzene rings is 2. The Morgan fingerprint density at radius 3 is 1.17 bits per heavy atom. The first-order valence-electron chi connectivity index (χ1n) is 13.0. The van der Waals surface area contributed by atoms with Gasteiger partial charge in [-0.15, -0.1) is 0 Å². The van der Waals surface area contributed by atoms with Crippen molar-refractivity contribution in [3.63, 3.8) is 0 Å². The molecule has 0 unspecified atom stereocenters. The maximum atomic E-state index is 10.9. The van der Waals surface area contributed by atoms with Crippen molar-refractivity contribution in [2.45, 2.75) is 65.6 Å². The molecular weight excluding hydrogens is 631 g/mol. The first kappa shape index (κ1) is 42.1. The van der Waals surface area contributed by atoms with Crippen LogP contribution in [0.3, 0.4) is 0 Å². The van der Waals surface area contributed by atoms with Crippen LogP contribution in [-0.4, -0.2) is 47.8 Å². The van der Waals surface area contributed by atoms with Gasteiger partial charge in [-0.1, -0.05) is 127 Å². The predicted octanol–water partition coefficient (Wildman–Crippen LogP) is 3.71. The van der Waals surface area contributed by atoms with Crippen LogP contribution in [0.25, 0.3) is 0 Å². The van der Waals surface area contributed by atoms with Crippen molar-refractivity contribution in [1.29, 1.82) is 0 Å². The zero-order chi connectivity index (χ0) is 30.4. The van der Waals surface area contributed by atoms with Crippen molar-refractivity contribution in [2.75, 3.05) is 0 Å². The van der Waals surface area contributed by atoms with Crippen LogP contribution >= 0.6 is 0 Å². The summed E-state index contributed by atoms with van der Waals surface area (Å²) in [5.74, 6) is -4.26. The van der Waals surface area contributed by atoms with Gasteiger partial charge in [0.15, 0.2) is 0 Å². The Morgan fingerprint density at radius 1 is 0.634 bits per heavy atom. The minimum absolute atomic E-state index is 0. The molecule has 2 aromatic rings. The maximum absolute atomic E-state index is 10.9. The number of hydrogen-bond donors (Lipinski definition) is 0. The summed E-state index contributed by atoms with van der Waals surface area (Å²) < 4.78 is 9.52. The van der Waals surface area contributed by atoms with E-state index in [0.29, 0.717) is 12.2 Å². The Balaban J connectivity index is -0.000000523. The van der Waals surface area contributed by atoms with E-state index in [-0.39, 0.29) is 37.1 Å². The first-order valence-corrected chi connectivity index (χ1v) is 13.0. The van der Waals surface area contributed by atoms with E-state index < -0.39 is 23.9 Å². The van der Waals surface area contributed by atoms with Crippen LogP contribution in [0, 0.1) is 13.8 Å².